The maximum atomic E-state index is 13.0. The van der Waals surface area contributed by atoms with Crippen LogP contribution in [0, 0.1) is 11.8 Å². The molecule has 1 aromatic carbocycles. The van der Waals surface area contributed by atoms with Crippen LogP contribution >= 0.6 is 0 Å². The molecule has 4 rings (SSSR count). The third-order valence-corrected chi connectivity index (χ3v) is 6.57. The number of benzene rings is 1. The molecule has 1 amide bonds. The molecule has 0 bridgehead atoms. The number of aryl methyl sites for hydroxylation is 1. The maximum Gasteiger partial charge on any atom is 0.330 e. The van der Waals surface area contributed by atoms with E-state index in [2.05, 4.69) is 24.9 Å². The standard InChI is InChI=1S/C25H33N5O2/c1-16(2)19-8-6-7-9-20(19)22-26-14-21-23(27-22)30(25(32)28(21)5)15-18-10-12-29(13-11-18)24(31)17(3)4/h6-9,14,16-18H,10-13,15H2,1-5H3. The fourth-order valence-electron chi connectivity index (χ4n) is 4.63. The average molecular weight is 436 g/mol. The second-order valence-electron chi connectivity index (χ2n) is 9.52. The van der Waals surface area contributed by atoms with E-state index in [4.69, 9.17) is 4.98 Å². The van der Waals surface area contributed by atoms with Crippen molar-refractivity contribution in [3.63, 3.8) is 0 Å². The van der Waals surface area contributed by atoms with Gasteiger partial charge in [0.2, 0.25) is 5.91 Å². The summed E-state index contributed by atoms with van der Waals surface area (Å²) in [6, 6.07) is 8.19. The molecule has 0 aliphatic carbocycles. The maximum absolute atomic E-state index is 13.0. The summed E-state index contributed by atoms with van der Waals surface area (Å²) in [7, 11) is 1.77. The van der Waals surface area contributed by atoms with Gasteiger partial charge in [0.1, 0.15) is 5.52 Å². The van der Waals surface area contributed by atoms with Gasteiger partial charge in [0.05, 0.1) is 6.20 Å². The molecule has 0 saturated carbocycles. The van der Waals surface area contributed by atoms with E-state index in [-0.39, 0.29) is 17.5 Å². The molecule has 1 fully saturated rings. The second-order valence-corrected chi connectivity index (χ2v) is 9.52. The molecule has 0 radical (unpaired) electrons. The molecule has 0 unspecified atom stereocenters. The zero-order valence-corrected chi connectivity index (χ0v) is 19.7. The Morgan fingerprint density at radius 1 is 1.12 bits per heavy atom. The molecule has 0 spiro atoms. The topological polar surface area (TPSA) is 73.0 Å². The smallest absolute Gasteiger partial charge is 0.330 e. The van der Waals surface area contributed by atoms with Gasteiger partial charge in [0.15, 0.2) is 11.5 Å². The Kier molecular flexibility index (Phi) is 6.17. The highest BCUT2D eigenvalue weighted by atomic mass is 16.2. The van der Waals surface area contributed by atoms with Gasteiger partial charge in [-0.2, -0.15) is 0 Å². The quantitative estimate of drug-likeness (QED) is 0.611. The summed E-state index contributed by atoms with van der Waals surface area (Å²) in [5, 5.41) is 0. The zero-order valence-electron chi connectivity index (χ0n) is 19.7. The largest absolute Gasteiger partial charge is 0.342 e. The minimum atomic E-state index is -0.0655. The minimum Gasteiger partial charge on any atom is -0.342 e. The first kappa shape index (κ1) is 22.2. The number of rotatable bonds is 5. The number of fused-ring (bicyclic) bond motifs is 1. The Morgan fingerprint density at radius 2 is 1.81 bits per heavy atom. The highest BCUT2D eigenvalue weighted by molar-refractivity contribution is 5.78. The SMILES string of the molecule is CC(C)C(=O)N1CCC(Cn2c(=O)n(C)c3cnc(-c4ccccc4C(C)C)nc32)CC1. The first-order valence-electron chi connectivity index (χ1n) is 11.6. The van der Waals surface area contributed by atoms with Crippen LogP contribution in [0.5, 0.6) is 0 Å². The van der Waals surface area contributed by atoms with E-state index in [0.29, 0.717) is 29.9 Å². The number of piperidine rings is 1. The van der Waals surface area contributed by atoms with Crippen LogP contribution in [0.2, 0.25) is 0 Å². The Balaban J connectivity index is 1.65. The lowest BCUT2D eigenvalue weighted by atomic mass is 9.96. The monoisotopic (exact) mass is 435 g/mol. The van der Waals surface area contributed by atoms with Crippen molar-refractivity contribution in [1.29, 1.82) is 0 Å². The molecule has 0 N–H and O–H groups in total. The Labute approximate surface area is 189 Å². The normalized spacial score (nSPS) is 15.3. The lowest BCUT2D eigenvalue weighted by molar-refractivity contribution is -0.135. The van der Waals surface area contributed by atoms with Crippen LogP contribution in [0.4, 0.5) is 0 Å². The molecule has 2 aromatic heterocycles. The number of imidazole rings is 1. The molecular formula is C25H33N5O2. The molecule has 1 aliphatic rings. The highest BCUT2D eigenvalue weighted by Crippen LogP contribution is 2.28. The summed E-state index contributed by atoms with van der Waals surface area (Å²) < 4.78 is 3.42. The van der Waals surface area contributed by atoms with Gasteiger partial charge < -0.3 is 4.90 Å². The van der Waals surface area contributed by atoms with Crippen LogP contribution in [-0.2, 0) is 18.4 Å². The van der Waals surface area contributed by atoms with Crippen molar-refractivity contribution in [3.05, 3.63) is 46.5 Å². The zero-order chi connectivity index (χ0) is 23.0. The number of carbonyl (C=O) groups excluding carboxylic acids is 1. The molecular weight excluding hydrogens is 402 g/mol. The molecule has 3 aromatic rings. The summed E-state index contributed by atoms with van der Waals surface area (Å²) >= 11 is 0. The number of likely N-dealkylation sites (tertiary alicyclic amines) is 1. The number of carbonyl (C=O) groups is 1. The molecule has 32 heavy (non-hydrogen) atoms. The van der Waals surface area contributed by atoms with Gasteiger partial charge in [-0.25, -0.2) is 14.8 Å². The number of aromatic nitrogens is 4. The van der Waals surface area contributed by atoms with Crippen molar-refractivity contribution < 1.29 is 4.79 Å². The van der Waals surface area contributed by atoms with Gasteiger partial charge in [0, 0.05) is 38.2 Å². The highest BCUT2D eigenvalue weighted by Gasteiger charge is 2.26. The van der Waals surface area contributed by atoms with E-state index in [1.165, 1.54) is 5.56 Å². The second kappa shape index (κ2) is 8.88. The Morgan fingerprint density at radius 3 is 2.47 bits per heavy atom. The third kappa shape index (κ3) is 4.08. The third-order valence-electron chi connectivity index (χ3n) is 6.57. The van der Waals surface area contributed by atoms with Crippen LogP contribution in [0.3, 0.4) is 0 Å². The van der Waals surface area contributed by atoms with Gasteiger partial charge >= 0.3 is 5.69 Å². The molecule has 7 heteroatoms. The summed E-state index contributed by atoms with van der Waals surface area (Å²) in [6.07, 6.45) is 3.56. The summed E-state index contributed by atoms with van der Waals surface area (Å²) in [6.45, 7) is 10.3. The lowest BCUT2D eigenvalue weighted by Crippen LogP contribution is -2.41. The summed E-state index contributed by atoms with van der Waals surface area (Å²) in [5.41, 5.74) is 3.56. The van der Waals surface area contributed by atoms with Crippen molar-refractivity contribution in [2.75, 3.05) is 13.1 Å². The molecule has 170 valence electrons. The number of hydrogen-bond donors (Lipinski definition) is 0. The van der Waals surface area contributed by atoms with E-state index >= 15 is 0 Å². The number of hydrogen-bond acceptors (Lipinski definition) is 4. The number of amides is 1. The predicted molar refractivity (Wildman–Crippen MR) is 126 cm³/mol. The van der Waals surface area contributed by atoms with Gasteiger partial charge in [-0.3, -0.25) is 13.9 Å². The fourth-order valence-corrected chi connectivity index (χ4v) is 4.63. The van der Waals surface area contributed by atoms with Crippen LogP contribution in [0.25, 0.3) is 22.6 Å². The van der Waals surface area contributed by atoms with Gasteiger partial charge in [0.25, 0.3) is 0 Å². The minimum absolute atomic E-state index is 0.0241. The van der Waals surface area contributed by atoms with Crippen LogP contribution in [0.1, 0.15) is 52.0 Å². The fraction of sp³-hybridized carbons (Fsp3) is 0.520. The molecule has 7 nitrogen and oxygen atoms in total. The molecule has 1 aliphatic heterocycles. The summed E-state index contributed by atoms with van der Waals surface area (Å²) in [4.78, 5) is 36.8. The van der Waals surface area contributed by atoms with Crippen LogP contribution in [-0.4, -0.2) is 43.0 Å². The Hall–Kier alpha value is -2.96. The summed E-state index contributed by atoms with van der Waals surface area (Å²) in [5.74, 6) is 1.58. The first-order valence-corrected chi connectivity index (χ1v) is 11.6. The van der Waals surface area contributed by atoms with Crippen molar-refractivity contribution >= 4 is 17.1 Å². The van der Waals surface area contributed by atoms with Crippen LogP contribution < -0.4 is 5.69 Å². The van der Waals surface area contributed by atoms with Crippen molar-refractivity contribution in [3.8, 4) is 11.4 Å². The van der Waals surface area contributed by atoms with E-state index in [1.807, 2.05) is 36.9 Å². The number of nitrogens with zero attached hydrogens (tertiary/aromatic N) is 5. The Bertz CT molecular complexity index is 1180. The van der Waals surface area contributed by atoms with Crippen molar-refractivity contribution in [2.24, 2.45) is 18.9 Å². The van der Waals surface area contributed by atoms with Crippen molar-refractivity contribution in [2.45, 2.75) is 53.0 Å². The van der Waals surface area contributed by atoms with Gasteiger partial charge in [-0.15, -0.1) is 0 Å². The van der Waals surface area contributed by atoms with E-state index < -0.39 is 0 Å². The van der Waals surface area contributed by atoms with Gasteiger partial charge in [-0.1, -0.05) is 52.0 Å². The van der Waals surface area contributed by atoms with Crippen molar-refractivity contribution in [1.82, 2.24) is 24.0 Å². The average Bonchev–Trinajstić information content (AvgIpc) is 3.03. The molecule has 1 saturated heterocycles. The van der Waals surface area contributed by atoms with E-state index in [9.17, 15) is 9.59 Å². The lowest BCUT2D eigenvalue weighted by Gasteiger charge is -2.33. The van der Waals surface area contributed by atoms with Crippen LogP contribution in [0.15, 0.2) is 35.3 Å². The molecule has 3 heterocycles. The van der Waals surface area contributed by atoms with E-state index in [0.717, 1.165) is 37.0 Å². The van der Waals surface area contributed by atoms with Gasteiger partial charge in [-0.05, 0) is 30.2 Å². The molecule has 0 atom stereocenters. The first-order chi connectivity index (χ1) is 15.3. The predicted octanol–water partition coefficient (Wildman–Crippen LogP) is 3.82. The van der Waals surface area contributed by atoms with E-state index in [1.54, 1.807) is 22.4 Å².